The largest absolute Gasteiger partial charge is 0.493 e. The van der Waals surface area contributed by atoms with Gasteiger partial charge in [0.25, 0.3) is 5.91 Å². The van der Waals surface area contributed by atoms with Crippen molar-refractivity contribution in [2.75, 3.05) is 38.6 Å². The quantitative estimate of drug-likeness (QED) is 0.357. The summed E-state index contributed by atoms with van der Waals surface area (Å²) in [5, 5.41) is 7.25. The predicted octanol–water partition coefficient (Wildman–Crippen LogP) is 5.30. The predicted molar refractivity (Wildman–Crippen MR) is 140 cm³/mol. The Hall–Kier alpha value is -3.72. The molecule has 1 amide bonds. The van der Waals surface area contributed by atoms with Crippen LogP contribution < -0.4 is 24.8 Å². The summed E-state index contributed by atoms with van der Waals surface area (Å²) < 4.78 is 21.5. The van der Waals surface area contributed by atoms with Crippen LogP contribution in [-0.4, -0.2) is 39.8 Å². The minimum Gasteiger partial charge on any atom is -0.493 e. The van der Waals surface area contributed by atoms with Gasteiger partial charge in [0, 0.05) is 22.7 Å². The molecule has 2 aromatic carbocycles. The molecule has 8 nitrogen and oxygen atoms in total. The van der Waals surface area contributed by atoms with Gasteiger partial charge in [-0.2, -0.15) is 0 Å². The van der Waals surface area contributed by atoms with E-state index in [-0.39, 0.29) is 11.9 Å². The number of rotatable bonds is 10. The highest BCUT2D eigenvalue weighted by atomic mass is 32.1. The van der Waals surface area contributed by atoms with Crippen molar-refractivity contribution in [3.05, 3.63) is 63.5 Å². The molecule has 0 radical (unpaired) electrons. The van der Waals surface area contributed by atoms with Crippen molar-refractivity contribution in [2.45, 2.75) is 32.7 Å². The maximum atomic E-state index is 13.4. The molecule has 0 bridgehead atoms. The topological polar surface area (TPSA) is 95.1 Å². The van der Waals surface area contributed by atoms with E-state index >= 15 is 0 Å². The lowest BCUT2D eigenvalue weighted by Crippen LogP contribution is -2.15. The molecule has 190 valence electrons. The van der Waals surface area contributed by atoms with Gasteiger partial charge in [0.15, 0.2) is 11.5 Å². The molecule has 0 spiro atoms. The molecule has 9 heteroatoms. The normalized spacial score (nSPS) is 12.0. The third-order valence-corrected chi connectivity index (χ3v) is 7.28. The van der Waals surface area contributed by atoms with Crippen molar-refractivity contribution in [2.24, 2.45) is 0 Å². The number of anilines is 2. The monoisotopic (exact) mass is 510 g/mol. The first-order chi connectivity index (χ1) is 17.5. The molecule has 4 rings (SSSR count). The first-order valence-electron chi connectivity index (χ1n) is 11.7. The number of ether oxygens (including phenoxy) is 4. The number of benzene rings is 2. The zero-order chi connectivity index (χ0) is 25.7. The summed E-state index contributed by atoms with van der Waals surface area (Å²) in [5.41, 5.74) is 3.70. The summed E-state index contributed by atoms with van der Waals surface area (Å²) in [6.07, 6.45) is 2.88. The third kappa shape index (κ3) is 5.11. The maximum Gasteiger partial charge on any atom is 0.338 e. The van der Waals surface area contributed by atoms with Gasteiger partial charge < -0.3 is 29.6 Å². The zero-order valence-electron chi connectivity index (χ0n) is 20.9. The van der Waals surface area contributed by atoms with E-state index in [1.165, 1.54) is 4.88 Å². The maximum absolute atomic E-state index is 13.4. The molecule has 0 fully saturated rings. The number of carbonyl (C=O) groups excluding carboxylic acids is 2. The van der Waals surface area contributed by atoms with Crippen LogP contribution >= 0.6 is 11.3 Å². The summed E-state index contributed by atoms with van der Waals surface area (Å²) in [6.45, 7) is 2.52. The molecule has 0 unspecified atom stereocenters. The van der Waals surface area contributed by atoms with Crippen LogP contribution in [0.15, 0.2) is 36.4 Å². The SMILES string of the molecule is CCOC(=O)c1ccc(NC(=O)c2c(NCc3ccc(OC)c(OC)c3OC)sc3c2CCC3)cc1. The van der Waals surface area contributed by atoms with Crippen molar-refractivity contribution in [1.29, 1.82) is 0 Å². The van der Waals surface area contributed by atoms with Crippen LogP contribution in [0.5, 0.6) is 17.2 Å². The van der Waals surface area contributed by atoms with E-state index in [1.54, 1.807) is 63.9 Å². The van der Waals surface area contributed by atoms with Crippen LogP contribution in [0.25, 0.3) is 0 Å². The van der Waals surface area contributed by atoms with E-state index in [1.807, 2.05) is 12.1 Å². The summed E-state index contributed by atoms with van der Waals surface area (Å²) in [7, 11) is 4.74. The molecule has 2 N–H and O–H groups in total. The highest BCUT2D eigenvalue weighted by molar-refractivity contribution is 7.16. The van der Waals surface area contributed by atoms with Gasteiger partial charge in [0.2, 0.25) is 5.75 Å². The van der Waals surface area contributed by atoms with Gasteiger partial charge in [-0.15, -0.1) is 11.3 Å². The average Bonchev–Trinajstić information content (AvgIpc) is 3.48. The van der Waals surface area contributed by atoms with E-state index in [0.717, 1.165) is 35.4 Å². The van der Waals surface area contributed by atoms with Crippen molar-refractivity contribution in [3.63, 3.8) is 0 Å². The van der Waals surface area contributed by atoms with Gasteiger partial charge in [-0.1, -0.05) is 0 Å². The fraction of sp³-hybridized carbons (Fsp3) is 0.333. The Morgan fingerprint density at radius 3 is 2.36 bits per heavy atom. The number of methoxy groups -OCH3 is 3. The average molecular weight is 511 g/mol. The van der Waals surface area contributed by atoms with Crippen molar-refractivity contribution >= 4 is 33.9 Å². The Labute approximate surface area is 214 Å². The molecular formula is C27H30N2O6S. The first-order valence-corrected chi connectivity index (χ1v) is 12.6. The summed E-state index contributed by atoms with van der Waals surface area (Å²) in [4.78, 5) is 26.5. The molecule has 1 aromatic heterocycles. The lowest BCUT2D eigenvalue weighted by molar-refractivity contribution is 0.0526. The molecule has 1 heterocycles. The first kappa shape index (κ1) is 25.4. The summed E-state index contributed by atoms with van der Waals surface area (Å²) >= 11 is 1.62. The van der Waals surface area contributed by atoms with Gasteiger partial charge in [0.05, 0.1) is 39.1 Å². The Balaban J connectivity index is 1.55. The number of esters is 1. The van der Waals surface area contributed by atoms with Crippen LogP contribution in [0.4, 0.5) is 10.7 Å². The number of fused-ring (bicyclic) bond motifs is 1. The van der Waals surface area contributed by atoms with E-state index < -0.39 is 0 Å². The number of amides is 1. The Bertz CT molecular complexity index is 1250. The number of aryl methyl sites for hydroxylation is 1. The fourth-order valence-corrected chi connectivity index (χ4v) is 5.63. The standard InChI is InChI=1S/C27H30N2O6S/c1-5-35-27(31)16-9-12-18(13-10-16)29-25(30)22-19-7-6-8-21(19)36-26(22)28-15-17-11-14-20(32-2)24(34-4)23(17)33-3/h9-14,28H,5-8,15H2,1-4H3,(H,29,30). The van der Waals surface area contributed by atoms with Crippen LogP contribution in [0, 0.1) is 0 Å². The molecule has 3 aromatic rings. The van der Waals surface area contributed by atoms with E-state index in [4.69, 9.17) is 18.9 Å². The minimum atomic E-state index is -0.386. The highest BCUT2D eigenvalue weighted by Gasteiger charge is 2.27. The van der Waals surface area contributed by atoms with Crippen molar-refractivity contribution in [3.8, 4) is 17.2 Å². The number of nitrogens with one attached hydrogen (secondary N) is 2. The minimum absolute atomic E-state index is 0.180. The number of carbonyl (C=O) groups is 2. The fourth-order valence-electron chi connectivity index (χ4n) is 4.34. The Kier molecular flexibility index (Phi) is 8.00. The summed E-state index contributed by atoms with van der Waals surface area (Å²) in [6, 6.07) is 10.5. The van der Waals surface area contributed by atoms with Gasteiger partial charge in [-0.25, -0.2) is 4.79 Å². The molecule has 0 atom stereocenters. The Morgan fingerprint density at radius 2 is 1.69 bits per heavy atom. The summed E-state index contributed by atoms with van der Waals surface area (Å²) in [5.74, 6) is 1.13. The van der Waals surface area contributed by atoms with Crippen molar-refractivity contribution in [1.82, 2.24) is 0 Å². The van der Waals surface area contributed by atoms with Crippen molar-refractivity contribution < 1.29 is 28.5 Å². The highest BCUT2D eigenvalue weighted by Crippen LogP contribution is 2.42. The molecule has 36 heavy (non-hydrogen) atoms. The second-order valence-electron chi connectivity index (χ2n) is 8.16. The molecule has 1 aliphatic rings. The van der Waals surface area contributed by atoms with E-state index in [9.17, 15) is 9.59 Å². The smallest absolute Gasteiger partial charge is 0.338 e. The lowest BCUT2D eigenvalue weighted by atomic mass is 10.1. The zero-order valence-corrected chi connectivity index (χ0v) is 21.7. The van der Waals surface area contributed by atoms with Crippen LogP contribution in [0.3, 0.4) is 0 Å². The van der Waals surface area contributed by atoms with Gasteiger partial charge in [0.1, 0.15) is 5.00 Å². The van der Waals surface area contributed by atoms with E-state index in [2.05, 4.69) is 10.6 Å². The molecule has 0 saturated carbocycles. The molecule has 1 aliphatic carbocycles. The van der Waals surface area contributed by atoms with Gasteiger partial charge in [-0.3, -0.25) is 4.79 Å². The molecule has 0 aliphatic heterocycles. The lowest BCUT2D eigenvalue weighted by Gasteiger charge is -2.16. The second kappa shape index (κ2) is 11.3. The number of thiophene rings is 1. The number of hydrogen-bond acceptors (Lipinski definition) is 8. The van der Waals surface area contributed by atoms with Gasteiger partial charge >= 0.3 is 5.97 Å². The van der Waals surface area contributed by atoms with Crippen LogP contribution in [0.2, 0.25) is 0 Å². The van der Waals surface area contributed by atoms with Gasteiger partial charge in [-0.05, 0) is 68.1 Å². The third-order valence-electron chi connectivity index (χ3n) is 6.03. The Morgan fingerprint density at radius 1 is 0.944 bits per heavy atom. The van der Waals surface area contributed by atoms with Crippen LogP contribution in [-0.2, 0) is 24.1 Å². The second-order valence-corrected chi connectivity index (χ2v) is 9.27. The molecular weight excluding hydrogens is 480 g/mol. The number of hydrogen-bond donors (Lipinski definition) is 2. The van der Waals surface area contributed by atoms with Crippen LogP contribution in [0.1, 0.15) is 50.1 Å². The molecule has 0 saturated heterocycles. The van der Waals surface area contributed by atoms with E-state index in [0.29, 0.717) is 47.2 Å².